The van der Waals surface area contributed by atoms with E-state index in [4.69, 9.17) is 11.6 Å². The SMILES string of the molecule is CC(C)[C@H]1C[C@@H]1c1ccc(Cl)c(F)c1. The van der Waals surface area contributed by atoms with E-state index in [2.05, 4.69) is 13.8 Å². The molecule has 0 aromatic heterocycles. The van der Waals surface area contributed by atoms with Crippen LogP contribution in [-0.2, 0) is 0 Å². The molecule has 1 aliphatic rings. The van der Waals surface area contributed by atoms with Crippen LogP contribution in [0.15, 0.2) is 18.2 Å². The average Bonchev–Trinajstić information content (AvgIpc) is 2.89. The zero-order valence-corrected chi connectivity index (χ0v) is 9.18. The molecule has 0 radical (unpaired) electrons. The Morgan fingerprint density at radius 3 is 2.64 bits per heavy atom. The van der Waals surface area contributed by atoms with Gasteiger partial charge in [0.05, 0.1) is 5.02 Å². The summed E-state index contributed by atoms with van der Waals surface area (Å²) >= 11 is 5.63. The molecule has 2 rings (SSSR count). The summed E-state index contributed by atoms with van der Waals surface area (Å²) in [5.74, 6) is 1.69. The molecule has 0 N–H and O–H groups in total. The second-order valence-electron chi connectivity index (χ2n) is 4.42. The van der Waals surface area contributed by atoms with E-state index in [1.165, 1.54) is 6.42 Å². The molecule has 0 heterocycles. The monoisotopic (exact) mass is 212 g/mol. The maximum Gasteiger partial charge on any atom is 0.142 e. The third kappa shape index (κ3) is 1.78. The topological polar surface area (TPSA) is 0 Å². The highest BCUT2D eigenvalue weighted by molar-refractivity contribution is 6.30. The highest BCUT2D eigenvalue weighted by Gasteiger charge is 2.40. The predicted octanol–water partition coefficient (Wildman–Crippen LogP) is 4.24. The van der Waals surface area contributed by atoms with E-state index in [1.54, 1.807) is 12.1 Å². The average molecular weight is 213 g/mol. The largest absolute Gasteiger partial charge is 0.205 e. The number of halogens is 2. The molecule has 0 bridgehead atoms. The maximum atomic E-state index is 13.2. The van der Waals surface area contributed by atoms with Gasteiger partial charge in [-0.3, -0.25) is 0 Å². The third-order valence-corrected chi connectivity index (χ3v) is 3.37. The van der Waals surface area contributed by atoms with E-state index in [-0.39, 0.29) is 10.8 Å². The first-order valence-electron chi connectivity index (χ1n) is 5.04. The minimum Gasteiger partial charge on any atom is -0.205 e. The Morgan fingerprint density at radius 2 is 2.14 bits per heavy atom. The van der Waals surface area contributed by atoms with Crippen LogP contribution >= 0.6 is 11.6 Å². The van der Waals surface area contributed by atoms with Crippen molar-refractivity contribution in [3.63, 3.8) is 0 Å². The minimum absolute atomic E-state index is 0.218. The second-order valence-corrected chi connectivity index (χ2v) is 4.83. The van der Waals surface area contributed by atoms with Crippen molar-refractivity contribution in [1.29, 1.82) is 0 Å². The van der Waals surface area contributed by atoms with Gasteiger partial charge in [0.2, 0.25) is 0 Å². The van der Waals surface area contributed by atoms with Crippen molar-refractivity contribution >= 4 is 11.6 Å². The van der Waals surface area contributed by atoms with Gasteiger partial charge in [-0.25, -0.2) is 4.39 Å². The van der Waals surface area contributed by atoms with Gasteiger partial charge in [0.1, 0.15) is 5.82 Å². The lowest BCUT2D eigenvalue weighted by molar-refractivity contribution is 0.547. The zero-order valence-electron chi connectivity index (χ0n) is 8.43. The number of benzene rings is 1. The zero-order chi connectivity index (χ0) is 10.3. The lowest BCUT2D eigenvalue weighted by Crippen LogP contribution is -1.92. The molecule has 0 amide bonds. The summed E-state index contributed by atoms with van der Waals surface area (Å²) < 4.78 is 13.2. The molecule has 14 heavy (non-hydrogen) atoms. The molecular formula is C12H14ClF. The minimum atomic E-state index is -0.293. The molecule has 1 aromatic rings. The summed E-state index contributed by atoms with van der Waals surface area (Å²) in [5.41, 5.74) is 1.10. The van der Waals surface area contributed by atoms with Crippen LogP contribution in [0.3, 0.4) is 0 Å². The Hall–Kier alpha value is -0.560. The summed E-state index contributed by atoms with van der Waals surface area (Å²) in [6, 6.07) is 5.18. The van der Waals surface area contributed by atoms with Crippen molar-refractivity contribution < 1.29 is 4.39 Å². The summed E-state index contributed by atoms with van der Waals surface area (Å²) in [7, 11) is 0. The lowest BCUT2D eigenvalue weighted by atomic mass is 10.0. The number of hydrogen-bond acceptors (Lipinski definition) is 0. The molecule has 1 fully saturated rings. The van der Waals surface area contributed by atoms with Gasteiger partial charge in [0.15, 0.2) is 0 Å². The van der Waals surface area contributed by atoms with Crippen LogP contribution in [0.5, 0.6) is 0 Å². The van der Waals surface area contributed by atoms with Crippen molar-refractivity contribution in [3.05, 3.63) is 34.6 Å². The van der Waals surface area contributed by atoms with Crippen LogP contribution in [0.1, 0.15) is 31.7 Å². The second kappa shape index (κ2) is 3.54. The number of hydrogen-bond donors (Lipinski definition) is 0. The molecule has 2 atom stereocenters. The predicted molar refractivity (Wildman–Crippen MR) is 57.1 cm³/mol. The molecule has 0 unspecified atom stereocenters. The molecule has 0 spiro atoms. The van der Waals surface area contributed by atoms with Crippen molar-refractivity contribution in [2.75, 3.05) is 0 Å². The Kier molecular flexibility index (Phi) is 2.52. The van der Waals surface area contributed by atoms with E-state index >= 15 is 0 Å². The quantitative estimate of drug-likeness (QED) is 0.688. The van der Waals surface area contributed by atoms with Crippen LogP contribution in [-0.4, -0.2) is 0 Å². The van der Waals surface area contributed by atoms with Gasteiger partial charge in [-0.05, 0) is 41.9 Å². The van der Waals surface area contributed by atoms with Gasteiger partial charge in [0.25, 0.3) is 0 Å². The van der Waals surface area contributed by atoms with Crippen molar-refractivity contribution in [1.82, 2.24) is 0 Å². The molecule has 2 heteroatoms. The van der Waals surface area contributed by atoms with Crippen LogP contribution in [0.4, 0.5) is 4.39 Å². The third-order valence-electron chi connectivity index (χ3n) is 3.07. The molecule has 0 nitrogen and oxygen atoms in total. The van der Waals surface area contributed by atoms with Crippen molar-refractivity contribution in [3.8, 4) is 0 Å². The molecular weight excluding hydrogens is 199 g/mol. The summed E-state index contributed by atoms with van der Waals surface area (Å²) in [4.78, 5) is 0. The molecule has 0 saturated heterocycles. The van der Waals surface area contributed by atoms with Crippen LogP contribution in [0.25, 0.3) is 0 Å². The van der Waals surface area contributed by atoms with Gasteiger partial charge < -0.3 is 0 Å². The van der Waals surface area contributed by atoms with Crippen LogP contribution < -0.4 is 0 Å². The summed E-state index contributed by atoms with van der Waals surface area (Å²) in [5, 5.41) is 0.218. The van der Waals surface area contributed by atoms with E-state index < -0.39 is 0 Å². The summed E-state index contributed by atoms with van der Waals surface area (Å²) in [6.07, 6.45) is 1.19. The van der Waals surface area contributed by atoms with E-state index in [0.717, 1.165) is 11.5 Å². The Morgan fingerprint density at radius 1 is 1.43 bits per heavy atom. The molecule has 0 aliphatic heterocycles. The molecule has 1 aromatic carbocycles. The van der Waals surface area contributed by atoms with Crippen molar-refractivity contribution in [2.45, 2.75) is 26.2 Å². The van der Waals surface area contributed by atoms with Gasteiger partial charge in [-0.1, -0.05) is 31.5 Å². The van der Waals surface area contributed by atoms with Gasteiger partial charge in [0, 0.05) is 0 Å². The van der Waals surface area contributed by atoms with E-state index in [1.807, 2.05) is 6.07 Å². The number of rotatable bonds is 2. The Bertz CT molecular complexity index is 346. The van der Waals surface area contributed by atoms with E-state index in [9.17, 15) is 4.39 Å². The highest BCUT2D eigenvalue weighted by Crippen LogP contribution is 2.51. The lowest BCUT2D eigenvalue weighted by Gasteiger charge is -2.04. The van der Waals surface area contributed by atoms with Crippen LogP contribution in [0, 0.1) is 17.7 Å². The fourth-order valence-electron chi connectivity index (χ4n) is 2.08. The first-order chi connectivity index (χ1) is 6.59. The fraction of sp³-hybridized carbons (Fsp3) is 0.500. The van der Waals surface area contributed by atoms with Gasteiger partial charge in [-0.2, -0.15) is 0 Å². The standard InChI is InChI=1S/C12H14ClF/c1-7(2)9-6-10(9)8-3-4-11(13)12(14)5-8/h3-5,7,9-10H,6H2,1-2H3/t9-,10-/m1/s1. The fourth-order valence-corrected chi connectivity index (χ4v) is 2.20. The highest BCUT2D eigenvalue weighted by atomic mass is 35.5. The van der Waals surface area contributed by atoms with E-state index in [0.29, 0.717) is 11.8 Å². The Balaban J connectivity index is 2.16. The molecule has 1 saturated carbocycles. The van der Waals surface area contributed by atoms with Crippen molar-refractivity contribution in [2.24, 2.45) is 11.8 Å². The first kappa shape index (κ1) is 9.97. The first-order valence-corrected chi connectivity index (χ1v) is 5.42. The maximum absolute atomic E-state index is 13.2. The van der Waals surface area contributed by atoms with Gasteiger partial charge >= 0.3 is 0 Å². The normalized spacial score (nSPS) is 25.5. The smallest absolute Gasteiger partial charge is 0.142 e. The summed E-state index contributed by atoms with van der Waals surface area (Å²) in [6.45, 7) is 4.44. The van der Waals surface area contributed by atoms with Gasteiger partial charge in [-0.15, -0.1) is 0 Å². The molecule has 76 valence electrons. The van der Waals surface area contributed by atoms with Crippen LogP contribution in [0.2, 0.25) is 5.02 Å². The Labute approximate surface area is 89.1 Å². The molecule has 1 aliphatic carbocycles.